The fraction of sp³-hybridized carbons (Fsp3) is 0.625. The molecule has 1 N–H and O–H groups in total. The maximum Gasteiger partial charge on any atom is 0.120 e. The van der Waals surface area contributed by atoms with E-state index >= 15 is 0 Å². The first-order chi connectivity index (χ1) is 8.79. The molecule has 0 saturated heterocycles. The van der Waals surface area contributed by atoms with Crippen LogP contribution in [-0.4, -0.2) is 19.2 Å². The van der Waals surface area contributed by atoms with Crippen LogP contribution in [0.1, 0.15) is 44.2 Å². The van der Waals surface area contributed by atoms with Crippen LogP contribution >= 0.6 is 0 Å². The normalized spacial score (nSPS) is 16.1. The van der Waals surface area contributed by atoms with Gasteiger partial charge in [0.1, 0.15) is 11.9 Å². The van der Waals surface area contributed by atoms with Gasteiger partial charge in [-0.3, -0.25) is 0 Å². The molecule has 1 aliphatic carbocycles. The number of hydrogen-bond donors (Lipinski definition) is 1. The fourth-order valence-electron chi connectivity index (χ4n) is 2.54. The van der Waals surface area contributed by atoms with E-state index in [1.165, 1.54) is 43.2 Å². The summed E-state index contributed by atoms with van der Waals surface area (Å²) in [5.41, 5.74) is 3.01. The Morgan fingerprint density at radius 3 is 2.78 bits per heavy atom. The summed E-state index contributed by atoms with van der Waals surface area (Å²) in [6.07, 6.45) is 6.52. The average Bonchev–Trinajstić information content (AvgIpc) is 2.39. The van der Waals surface area contributed by atoms with Gasteiger partial charge in [-0.1, -0.05) is 13.0 Å². The molecule has 18 heavy (non-hydrogen) atoms. The summed E-state index contributed by atoms with van der Waals surface area (Å²) in [5, 5.41) is 3.39. The molecule has 0 bridgehead atoms. The van der Waals surface area contributed by atoms with Crippen molar-refractivity contribution >= 4 is 0 Å². The second-order valence-electron chi connectivity index (χ2n) is 5.27. The Labute approximate surface area is 111 Å². The zero-order valence-corrected chi connectivity index (χ0v) is 11.7. The minimum atomic E-state index is 0.234. The zero-order valence-electron chi connectivity index (χ0n) is 11.7. The van der Waals surface area contributed by atoms with Gasteiger partial charge in [-0.05, 0) is 68.8 Å². The molecular formula is C16H25NO. The lowest BCUT2D eigenvalue weighted by atomic mass is 9.92. The molecule has 0 aliphatic heterocycles. The molecule has 1 aromatic rings. The van der Waals surface area contributed by atoms with E-state index in [2.05, 4.69) is 37.4 Å². The van der Waals surface area contributed by atoms with E-state index in [4.69, 9.17) is 4.74 Å². The number of benzene rings is 1. The molecule has 0 spiro atoms. The van der Waals surface area contributed by atoms with Crippen LogP contribution in [-0.2, 0) is 12.8 Å². The Balaban J connectivity index is 1.89. The van der Waals surface area contributed by atoms with Crippen LogP contribution in [0.4, 0.5) is 0 Å². The van der Waals surface area contributed by atoms with Gasteiger partial charge in [-0.15, -0.1) is 0 Å². The van der Waals surface area contributed by atoms with E-state index < -0.39 is 0 Å². The van der Waals surface area contributed by atoms with Crippen LogP contribution in [0.2, 0.25) is 0 Å². The highest BCUT2D eigenvalue weighted by atomic mass is 16.5. The van der Waals surface area contributed by atoms with Crippen LogP contribution in [0, 0.1) is 0 Å². The van der Waals surface area contributed by atoms with Gasteiger partial charge < -0.3 is 10.1 Å². The summed E-state index contributed by atoms with van der Waals surface area (Å²) in [6, 6.07) is 6.61. The van der Waals surface area contributed by atoms with E-state index in [1.54, 1.807) is 0 Å². The standard InChI is InChI=1S/C16H25NO/c1-3-10-17-12-13(2)18-16-9-8-14-6-4-5-7-15(14)11-16/h8-9,11,13,17H,3-7,10,12H2,1-2H3. The number of fused-ring (bicyclic) bond motifs is 1. The molecule has 1 aliphatic rings. The Bertz CT molecular complexity index is 375. The fourth-order valence-corrected chi connectivity index (χ4v) is 2.54. The first-order valence-corrected chi connectivity index (χ1v) is 7.28. The molecule has 0 saturated carbocycles. The maximum atomic E-state index is 5.96. The van der Waals surface area contributed by atoms with Gasteiger partial charge in [0.25, 0.3) is 0 Å². The number of nitrogens with one attached hydrogen (secondary N) is 1. The average molecular weight is 247 g/mol. The van der Waals surface area contributed by atoms with E-state index in [0.29, 0.717) is 0 Å². The zero-order chi connectivity index (χ0) is 12.8. The molecule has 2 nitrogen and oxygen atoms in total. The van der Waals surface area contributed by atoms with Gasteiger partial charge in [0.2, 0.25) is 0 Å². The van der Waals surface area contributed by atoms with Gasteiger partial charge >= 0.3 is 0 Å². The van der Waals surface area contributed by atoms with Crippen molar-refractivity contribution in [3.63, 3.8) is 0 Å². The van der Waals surface area contributed by atoms with Crippen LogP contribution in [0.15, 0.2) is 18.2 Å². The molecule has 1 aromatic carbocycles. The van der Waals surface area contributed by atoms with Gasteiger partial charge in [-0.25, -0.2) is 0 Å². The lowest BCUT2D eigenvalue weighted by Crippen LogP contribution is -2.29. The second-order valence-corrected chi connectivity index (χ2v) is 5.27. The molecule has 0 amide bonds. The van der Waals surface area contributed by atoms with E-state index in [-0.39, 0.29) is 6.10 Å². The van der Waals surface area contributed by atoms with Crippen molar-refractivity contribution in [2.24, 2.45) is 0 Å². The Hall–Kier alpha value is -1.02. The largest absolute Gasteiger partial charge is 0.489 e. The van der Waals surface area contributed by atoms with Crippen LogP contribution in [0.25, 0.3) is 0 Å². The molecule has 0 radical (unpaired) electrons. The molecule has 0 aromatic heterocycles. The van der Waals surface area contributed by atoms with Crippen LogP contribution in [0.3, 0.4) is 0 Å². The van der Waals surface area contributed by atoms with Crippen molar-refractivity contribution in [1.29, 1.82) is 0 Å². The van der Waals surface area contributed by atoms with E-state index in [1.807, 2.05) is 0 Å². The van der Waals surface area contributed by atoms with Gasteiger partial charge in [0.15, 0.2) is 0 Å². The van der Waals surface area contributed by atoms with Crippen molar-refractivity contribution in [2.45, 2.75) is 52.1 Å². The van der Waals surface area contributed by atoms with Gasteiger partial charge in [-0.2, -0.15) is 0 Å². The SMILES string of the molecule is CCCNCC(C)Oc1ccc2c(c1)CCCC2. The van der Waals surface area contributed by atoms with Crippen molar-refractivity contribution in [3.8, 4) is 5.75 Å². The maximum absolute atomic E-state index is 5.96. The van der Waals surface area contributed by atoms with Crippen LogP contribution in [0.5, 0.6) is 5.75 Å². The molecule has 2 heteroatoms. The van der Waals surface area contributed by atoms with E-state index in [9.17, 15) is 0 Å². The van der Waals surface area contributed by atoms with Gasteiger partial charge in [0.05, 0.1) is 0 Å². The lowest BCUT2D eigenvalue weighted by Gasteiger charge is -2.19. The molecule has 0 fully saturated rings. The van der Waals surface area contributed by atoms with Crippen molar-refractivity contribution in [1.82, 2.24) is 5.32 Å². The minimum Gasteiger partial charge on any atom is -0.489 e. The third-order valence-electron chi connectivity index (χ3n) is 3.52. The van der Waals surface area contributed by atoms with E-state index in [0.717, 1.165) is 18.8 Å². The molecule has 1 unspecified atom stereocenters. The second kappa shape index (κ2) is 6.79. The first-order valence-electron chi connectivity index (χ1n) is 7.28. The third-order valence-corrected chi connectivity index (χ3v) is 3.52. The topological polar surface area (TPSA) is 21.3 Å². The molecule has 1 atom stereocenters. The third kappa shape index (κ3) is 3.74. The minimum absolute atomic E-state index is 0.234. The van der Waals surface area contributed by atoms with Crippen molar-refractivity contribution in [2.75, 3.05) is 13.1 Å². The highest BCUT2D eigenvalue weighted by Gasteiger charge is 2.11. The predicted octanol–water partition coefficient (Wildman–Crippen LogP) is 3.33. The Kier molecular flexibility index (Phi) is 5.06. The summed E-state index contributed by atoms with van der Waals surface area (Å²) < 4.78 is 5.96. The number of hydrogen-bond acceptors (Lipinski definition) is 2. The lowest BCUT2D eigenvalue weighted by molar-refractivity contribution is 0.217. The molecule has 0 heterocycles. The quantitative estimate of drug-likeness (QED) is 0.779. The monoisotopic (exact) mass is 247 g/mol. The number of aryl methyl sites for hydroxylation is 2. The summed E-state index contributed by atoms with van der Waals surface area (Å²) >= 11 is 0. The van der Waals surface area contributed by atoms with Crippen molar-refractivity contribution < 1.29 is 4.74 Å². The summed E-state index contributed by atoms with van der Waals surface area (Å²) in [6.45, 7) is 6.30. The summed E-state index contributed by atoms with van der Waals surface area (Å²) in [7, 11) is 0. The predicted molar refractivity (Wildman–Crippen MR) is 76.3 cm³/mol. The van der Waals surface area contributed by atoms with Crippen molar-refractivity contribution in [3.05, 3.63) is 29.3 Å². The molecular weight excluding hydrogens is 222 g/mol. The smallest absolute Gasteiger partial charge is 0.120 e. The number of ether oxygens (including phenoxy) is 1. The molecule has 100 valence electrons. The Morgan fingerprint density at radius 1 is 1.22 bits per heavy atom. The highest BCUT2D eigenvalue weighted by Crippen LogP contribution is 2.25. The first kappa shape index (κ1) is 13.4. The van der Waals surface area contributed by atoms with Crippen LogP contribution < -0.4 is 10.1 Å². The summed E-state index contributed by atoms with van der Waals surface area (Å²) in [4.78, 5) is 0. The molecule has 2 rings (SSSR count). The highest BCUT2D eigenvalue weighted by molar-refractivity contribution is 5.37. The Morgan fingerprint density at radius 2 is 2.00 bits per heavy atom. The summed E-state index contributed by atoms with van der Waals surface area (Å²) in [5.74, 6) is 1.03. The number of rotatable bonds is 6. The van der Waals surface area contributed by atoms with Gasteiger partial charge in [0, 0.05) is 6.54 Å².